The van der Waals surface area contributed by atoms with Crippen molar-refractivity contribution >= 4 is 27.1 Å². The lowest BCUT2D eigenvalue weighted by atomic mass is 10.1. The fourth-order valence-electron chi connectivity index (χ4n) is 2.78. The van der Waals surface area contributed by atoms with Crippen molar-refractivity contribution in [2.75, 3.05) is 6.54 Å². The zero-order valence-electron chi connectivity index (χ0n) is 15.5. The summed E-state index contributed by atoms with van der Waals surface area (Å²) in [5.74, 6) is -0.887. The number of halogens is 1. The van der Waals surface area contributed by atoms with Crippen molar-refractivity contribution in [3.63, 3.8) is 0 Å². The Morgan fingerprint density at radius 3 is 2.39 bits per heavy atom. The molecule has 0 saturated carbocycles. The Kier molecular flexibility index (Phi) is 5.96. The van der Waals surface area contributed by atoms with Gasteiger partial charge in [-0.15, -0.1) is 11.3 Å². The molecule has 0 saturated heterocycles. The Balaban J connectivity index is 1.88. The molecule has 0 aliphatic heterocycles. The zero-order valence-corrected chi connectivity index (χ0v) is 17.1. The van der Waals surface area contributed by atoms with Crippen molar-refractivity contribution in [3.05, 3.63) is 87.4 Å². The molecule has 1 N–H and O–H groups in total. The standard InChI is InChI=1S/C21H20FNO3S2/c1-14-5-10-18(12-15(14)2)28(25,26)20(19-4-3-11-27-19)13-23-21(24)16-6-8-17(22)9-7-16/h3-12,20H,13H2,1-2H3,(H,23,24)/t20-/m0/s1. The molecule has 0 unspecified atom stereocenters. The molecule has 0 fully saturated rings. The van der Waals surface area contributed by atoms with Crippen LogP contribution in [-0.2, 0) is 9.84 Å². The average molecular weight is 418 g/mol. The van der Waals surface area contributed by atoms with Crippen LogP contribution in [0.15, 0.2) is 64.9 Å². The van der Waals surface area contributed by atoms with Gasteiger partial charge in [0.1, 0.15) is 11.1 Å². The van der Waals surface area contributed by atoms with Crippen molar-refractivity contribution in [1.82, 2.24) is 5.32 Å². The summed E-state index contributed by atoms with van der Waals surface area (Å²) in [6.45, 7) is 3.71. The van der Waals surface area contributed by atoms with Crippen molar-refractivity contribution < 1.29 is 17.6 Å². The van der Waals surface area contributed by atoms with E-state index < -0.39 is 26.8 Å². The second-order valence-electron chi connectivity index (χ2n) is 6.51. The van der Waals surface area contributed by atoms with Crippen molar-refractivity contribution in [1.29, 1.82) is 0 Å². The third kappa shape index (κ3) is 4.31. The summed E-state index contributed by atoms with van der Waals surface area (Å²) in [7, 11) is -3.71. The first kappa shape index (κ1) is 20.2. The maximum Gasteiger partial charge on any atom is 0.251 e. The Morgan fingerprint density at radius 2 is 1.79 bits per heavy atom. The molecule has 2 aromatic carbocycles. The Bertz CT molecular complexity index is 1080. The van der Waals surface area contributed by atoms with Crippen LogP contribution in [0.4, 0.5) is 4.39 Å². The van der Waals surface area contributed by atoms with Crippen molar-refractivity contribution in [2.24, 2.45) is 0 Å². The number of aryl methyl sites for hydroxylation is 2. The Hall–Kier alpha value is -2.51. The molecule has 3 aromatic rings. The highest BCUT2D eigenvalue weighted by molar-refractivity contribution is 7.91. The highest BCUT2D eigenvalue weighted by Crippen LogP contribution is 2.32. The van der Waals surface area contributed by atoms with E-state index in [0.29, 0.717) is 4.88 Å². The maximum atomic E-state index is 13.3. The van der Waals surface area contributed by atoms with Crippen LogP contribution in [0.3, 0.4) is 0 Å². The summed E-state index contributed by atoms with van der Waals surface area (Å²) in [5, 5.41) is 3.58. The number of hydrogen-bond donors (Lipinski definition) is 1. The molecule has 146 valence electrons. The predicted molar refractivity (Wildman–Crippen MR) is 109 cm³/mol. The van der Waals surface area contributed by atoms with Crippen molar-refractivity contribution in [2.45, 2.75) is 24.0 Å². The molecule has 1 aromatic heterocycles. The predicted octanol–water partition coefficient (Wildman–Crippen LogP) is 4.45. The first-order valence-electron chi connectivity index (χ1n) is 8.67. The highest BCUT2D eigenvalue weighted by Gasteiger charge is 2.30. The zero-order chi connectivity index (χ0) is 20.3. The van der Waals surface area contributed by atoms with Gasteiger partial charge in [0.15, 0.2) is 9.84 Å². The van der Waals surface area contributed by atoms with Gasteiger partial charge in [0.25, 0.3) is 5.91 Å². The molecule has 28 heavy (non-hydrogen) atoms. The molecule has 7 heteroatoms. The van der Waals surface area contributed by atoms with E-state index in [1.54, 1.807) is 35.7 Å². The molecule has 0 aliphatic rings. The number of rotatable bonds is 6. The minimum atomic E-state index is -3.71. The van der Waals surface area contributed by atoms with Crippen LogP contribution < -0.4 is 5.32 Å². The fraction of sp³-hybridized carbons (Fsp3) is 0.190. The van der Waals surface area contributed by atoms with Gasteiger partial charge in [-0.3, -0.25) is 4.79 Å². The van der Waals surface area contributed by atoms with Crippen LogP contribution in [0, 0.1) is 19.7 Å². The van der Waals surface area contributed by atoms with Gasteiger partial charge in [-0.25, -0.2) is 12.8 Å². The van der Waals surface area contributed by atoms with Gasteiger partial charge >= 0.3 is 0 Å². The number of sulfone groups is 1. The fourth-order valence-corrected chi connectivity index (χ4v) is 5.65. The number of carbonyl (C=O) groups excluding carboxylic acids is 1. The van der Waals surface area contributed by atoms with Crippen LogP contribution in [0.5, 0.6) is 0 Å². The van der Waals surface area contributed by atoms with E-state index in [1.165, 1.54) is 35.6 Å². The average Bonchev–Trinajstić information content (AvgIpc) is 3.18. The van der Waals surface area contributed by atoms with E-state index in [-0.39, 0.29) is 17.0 Å². The molecular weight excluding hydrogens is 397 g/mol. The third-order valence-electron chi connectivity index (χ3n) is 4.60. The van der Waals surface area contributed by atoms with Crippen LogP contribution in [0.2, 0.25) is 0 Å². The first-order chi connectivity index (χ1) is 13.3. The number of benzene rings is 2. The van der Waals surface area contributed by atoms with Gasteiger partial charge in [-0.1, -0.05) is 12.1 Å². The normalized spacial score (nSPS) is 12.5. The van der Waals surface area contributed by atoms with Gasteiger partial charge in [0.2, 0.25) is 0 Å². The summed E-state index contributed by atoms with van der Waals surface area (Å²) in [6, 6.07) is 13.7. The van der Waals surface area contributed by atoms with E-state index in [1.807, 2.05) is 13.8 Å². The lowest BCUT2D eigenvalue weighted by Crippen LogP contribution is -2.31. The summed E-state index contributed by atoms with van der Waals surface area (Å²) in [4.78, 5) is 13.2. The maximum absolute atomic E-state index is 13.3. The molecule has 1 atom stereocenters. The lowest BCUT2D eigenvalue weighted by molar-refractivity contribution is 0.0953. The number of nitrogens with one attached hydrogen (secondary N) is 1. The Morgan fingerprint density at radius 1 is 1.07 bits per heavy atom. The molecular formula is C21H20FNO3S2. The molecule has 0 aliphatic carbocycles. The van der Waals surface area contributed by atoms with E-state index >= 15 is 0 Å². The minimum Gasteiger partial charge on any atom is -0.350 e. The smallest absolute Gasteiger partial charge is 0.251 e. The van der Waals surface area contributed by atoms with Gasteiger partial charge < -0.3 is 5.32 Å². The number of hydrogen-bond acceptors (Lipinski definition) is 4. The quantitative estimate of drug-likeness (QED) is 0.645. The van der Waals surface area contributed by atoms with Gasteiger partial charge in [0.05, 0.1) is 4.90 Å². The molecule has 0 bridgehead atoms. The lowest BCUT2D eigenvalue weighted by Gasteiger charge is -2.18. The van der Waals surface area contributed by atoms with Crippen molar-refractivity contribution in [3.8, 4) is 0 Å². The molecule has 0 spiro atoms. The second-order valence-corrected chi connectivity index (χ2v) is 9.62. The molecule has 0 radical (unpaired) electrons. The van der Waals surface area contributed by atoms with Gasteiger partial charge in [0, 0.05) is 17.0 Å². The van der Waals surface area contributed by atoms with E-state index in [4.69, 9.17) is 0 Å². The van der Waals surface area contributed by atoms with Crippen LogP contribution in [0.25, 0.3) is 0 Å². The topological polar surface area (TPSA) is 63.2 Å². The van der Waals surface area contributed by atoms with Crippen LogP contribution in [0.1, 0.15) is 31.6 Å². The monoisotopic (exact) mass is 417 g/mol. The van der Waals surface area contributed by atoms with Crippen LogP contribution >= 0.6 is 11.3 Å². The molecule has 1 amide bonds. The van der Waals surface area contributed by atoms with E-state index in [9.17, 15) is 17.6 Å². The molecule has 4 nitrogen and oxygen atoms in total. The number of amides is 1. The Labute approximate surface area is 168 Å². The molecule has 3 rings (SSSR count). The van der Waals surface area contributed by atoms with Gasteiger partial charge in [-0.2, -0.15) is 0 Å². The van der Waals surface area contributed by atoms with E-state index in [0.717, 1.165) is 11.1 Å². The summed E-state index contributed by atoms with van der Waals surface area (Å²) in [5.41, 5.74) is 2.17. The van der Waals surface area contributed by atoms with Gasteiger partial charge in [-0.05, 0) is 72.8 Å². The summed E-state index contributed by atoms with van der Waals surface area (Å²) >= 11 is 1.33. The highest BCUT2D eigenvalue weighted by atomic mass is 32.2. The largest absolute Gasteiger partial charge is 0.350 e. The third-order valence-corrected chi connectivity index (χ3v) is 7.81. The second kappa shape index (κ2) is 8.24. The van der Waals surface area contributed by atoms with E-state index in [2.05, 4.69) is 5.32 Å². The molecule has 1 heterocycles. The van der Waals surface area contributed by atoms with Crippen LogP contribution in [-0.4, -0.2) is 20.9 Å². The number of carbonyl (C=O) groups is 1. The minimum absolute atomic E-state index is 0.0774. The first-order valence-corrected chi connectivity index (χ1v) is 11.1. The number of thiophene rings is 1. The SMILES string of the molecule is Cc1ccc(S(=O)(=O)[C@@H](CNC(=O)c2ccc(F)cc2)c2cccs2)cc1C. The summed E-state index contributed by atoms with van der Waals surface area (Å²) < 4.78 is 39.6. The summed E-state index contributed by atoms with van der Waals surface area (Å²) in [6.07, 6.45) is 0.